The molecule has 0 radical (unpaired) electrons. The van der Waals surface area contributed by atoms with Crippen molar-refractivity contribution >= 4 is 29.5 Å². The molecule has 0 bridgehead atoms. The highest BCUT2D eigenvalue weighted by Gasteiger charge is 2.28. The quantitative estimate of drug-likeness (QED) is 0.213. The Morgan fingerprint density at radius 3 is 2.16 bits per heavy atom. The number of hydrogen-bond acceptors (Lipinski definition) is 7. The number of aliphatic hydroxyl groups excluding tert-OH is 1. The summed E-state index contributed by atoms with van der Waals surface area (Å²) < 4.78 is 0. The lowest BCUT2D eigenvalue weighted by Gasteiger charge is -2.23. The summed E-state index contributed by atoms with van der Waals surface area (Å²) in [6.45, 7) is 1.82. The van der Waals surface area contributed by atoms with Gasteiger partial charge >= 0.3 is 5.97 Å². The van der Waals surface area contributed by atoms with Gasteiger partial charge in [-0.1, -0.05) is 0 Å². The average Bonchev–Trinajstić information content (AvgIpc) is 2.56. The minimum atomic E-state index is -1.17. The van der Waals surface area contributed by atoms with Crippen LogP contribution in [0.4, 0.5) is 0 Å². The summed E-state index contributed by atoms with van der Waals surface area (Å²) in [4.78, 5) is 35.7. The lowest BCUT2D eigenvalue weighted by molar-refractivity contribution is -0.142. The molecule has 9 nitrogen and oxygen atoms in total. The molecular weight excluding hydrogens is 348 g/mol. The van der Waals surface area contributed by atoms with Crippen molar-refractivity contribution in [2.75, 3.05) is 18.6 Å². The number of unbranched alkanes of at least 4 members (excludes halogenated alkanes) is 1. The third-order valence-electron chi connectivity index (χ3n) is 3.63. The second-order valence-electron chi connectivity index (χ2n) is 5.79. The van der Waals surface area contributed by atoms with E-state index in [9.17, 15) is 24.6 Å². The van der Waals surface area contributed by atoms with Crippen LogP contribution in [0, 0.1) is 0 Å². The van der Waals surface area contributed by atoms with Crippen molar-refractivity contribution in [3.8, 4) is 0 Å². The number of carboxylic acids is 1. The lowest BCUT2D eigenvalue weighted by Crippen LogP contribution is -2.56. The number of nitrogens with one attached hydrogen (secondary N) is 2. The fourth-order valence-corrected chi connectivity index (χ4v) is 2.49. The summed E-state index contributed by atoms with van der Waals surface area (Å²) in [5.74, 6) is -1.81. The van der Waals surface area contributed by atoms with E-state index in [-0.39, 0.29) is 6.42 Å². The maximum Gasteiger partial charge on any atom is 0.326 e. The largest absolute Gasteiger partial charge is 0.480 e. The molecule has 0 rings (SSSR count). The van der Waals surface area contributed by atoms with E-state index in [1.165, 1.54) is 18.7 Å². The highest BCUT2D eigenvalue weighted by atomic mass is 32.2. The molecule has 0 saturated heterocycles. The standard InChI is InChI=1S/C15H30N4O5S/c1-9(20)12(17)14(22)18-10(5-3-4-7-16)13(21)19-11(15(23)24)6-8-25-2/h9-12,20H,3-8,16-17H2,1-2H3,(H,18,22)(H,19,21)(H,23,24)/t9-,10+,11+,12+/m1/s1. The summed E-state index contributed by atoms with van der Waals surface area (Å²) >= 11 is 1.47. The number of thioether (sulfide) groups is 1. The number of nitrogens with two attached hydrogens (primary N) is 2. The molecule has 0 heterocycles. The van der Waals surface area contributed by atoms with Gasteiger partial charge in [0, 0.05) is 0 Å². The van der Waals surface area contributed by atoms with Gasteiger partial charge in [0.1, 0.15) is 18.1 Å². The first-order chi connectivity index (χ1) is 11.7. The maximum atomic E-state index is 12.4. The van der Waals surface area contributed by atoms with Crippen LogP contribution in [-0.4, -0.2) is 70.8 Å². The van der Waals surface area contributed by atoms with Crippen molar-refractivity contribution in [2.45, 2.75) is 56.8 Å². The minimum Gasteiger partial charge on any atom is -0.480 e. The molecule has 8 N–H and O–H groups in total. The van der Waals surface area contributed by atoms with Gasteiger partial charge in [0.2, 0.25) is 11.8 Å². The Hall–Kier alpha value is -1.36. The summed E-state index contributed by atoms with van der Waals surface area (Å²) in [5, 5.41) is 23.5. The van der Waals surface area contributed by atoms with Gasteiger partial charge in [0.05, 0.1) is 6.10 Å². The number of carbonyl (C=O) groups excluding carboxylic acids is 2. The molecule has 0 aromatic rings. The van der Waals surface area contributed by atoms with Gasteiger partial charge in [-0.2, -0.15) is 11.8 Å². The van der Waals surface area contributed by atoms with Gasteiger partial charge in [-0.25, -0.2) is 4.79 Å². The van der Waals surface area contributed by atoms with Crippen molar-refractivity contribution in [2.24, 2.45) is 11.5 Å². The monoisotopic (exact) mass is 378 g/mol. The first kappa shape index (κ1) is 23.6. The maximum absolute atomic E-state index is 12.4. The predicted molar refractivity (Wildman–Crippen MR) is 97.1 cm³/mol. The van der Waals surface area contributed by atoms with Crippen molar-refractivity contribution in [1.82, 2.24) is 10.6 Å². The van der Waals surface area contributed by atoms with Crippen LogP contribution in [0.2, 0.25) is 0 Å². The van der Waals surface area contributed by atoms with Crippen LogP contribution in [0.25, 0.3) is 0 Å². The number of carbonyl (C=O) groups is 3. The Balaban J connectivity index is 4.94. The zero-order chi connectivity index (χ0) is 19.4. The molecule has 0 aliphatic carbocycles. The Kier molecular flexibility index (Phi) is 12.2. The van der Waals surface area contributed by atoms with Crippen molar-refractivity contribution < 1.29 is 24.6 Å². The molecule has 0 fully saturated rings. The van der Waals surface area contributed by atoms with E-state index in [1.54, 1.807) is 0 Å². The van der Waals surface area contributed by atoms with E-state index in [0.717, 1.165) is 0 Å². The van der Waals surface area contributed by atoms with Gasteiger partial charge in [0.15, 0.2) is 0 Å². The zero-order valence-corrected chi connectivity index (χ0v) is 15.6. The smallest absolute Gasteiger partial charge is 0.326 e. The minimum absolute atomic E-state index is 0.277. The Labute approximate surface area is 152 Å². The van der Waals surface area contributed by atoms with Gasteiger partial charge in [-0.15, -0.1) is 0 Å². The number of aliphatic hydroxyl groups is 1. The molecule has 10 heteroatoms. The first-order valence-corrected chi connectivity index (χ1v) is 9.60. The van der Waals surface area contributed by atoms with Crippen LogP contribution >= 0.6 is 11.8 Å². The number of carboxylic acid groups (broad SMARTS) is 1. The van der Waals surface area contributed by atoms with Crippen molar-refractivity contribution in [3.05, 3.63) is 0 Å². The van der Waals surface area contributed by atoms with Gasteiger partial charge in [-0.3, -0.25) is 9.59 Å². The van der Waals surface area contributed by atoms with Gasteiger partial charge in [0.25, 0.3) is 0 Å². The second-order valence-corrected chi connectivity index (χ2v) is 6.78. The third kappa shape index (κ3) is 9.63. The van der Waals surface area contributed by atoms with Crippen LogP contribution in [0.5, 0.6) is 0 Å². The van der Waals surface area contributed by atoms with Crippen LogP contribution in [-0.2, 0) is 14.4 Å². The molecular formula is C15H30N4O5S. The van der Waals surface area contributed by atoms with E-state index in [4.69, 9.17) is 11.5 Å². The Bertz CT molecular complexity index is 436. The molecule has 0 aromatic heterocycles. The zero-order valence-electron chi connectivity index (χ0n) is 14.7. The van der Waals surface area contributed by atoms with E-state index in [0.29, 0.717) is 31.6 Å². The number of rotatable bonds is 13. The summed E-state index contributed by atoms with van der Waals surface area (Å²) in [6, 6.07) is -3.13. The predicted octanol–water partition coefficient (Wildman–Crippen LogP) is -1.37. The summed E-state index contributed by atoms with van der Waals surface area (Å²) in [6.07, 6.45) is 2.60. The SMILES string of the molecule is CSCC[C@H](NC(=O)[C@H](CCCCN)NC(=O)[C@@H](N)[C@@H](C)O)C(=O)O. The summed E-state index contributed by atoms with van der Waals surface area (Å²) in [7, 11) is 0. The summed E-state index contributed by atoms with van der Waals surface area (Å²) in [5.41, 5.74) is 11.0. The fraction of sp³-hybridized carbons (Fsp3) is 0.800. The normalized spacial score (nSPS) is 15.7. The molecule has 0 spiro atoms. The van der Waals surface area contributed by atoms with Crippen LogP contribution in [0.3, 0.4) is 0 Å². The number of aliphatic carboxylic acids is 1. The van der Waals surface area contributed by atoms with Crippen LogP contribution in [0.1, 0.15) is 32.6 Å². The van der Waals surface area contributed by atoms with Gasteiger partial charge in [-0.05, 0) is 51.2 Å². The van der Waals surface area contributed by atoms with E-state index >= 15 is 0 Å². The van der Waals surface area contributed by atoms with Crippen LogP contribution in [0.15, 0.2) is 0 Å². The van der Waals surface area contributed by atoms with E-state index < -0.39 is 42.0 Å². The van der Waals surface area contributed by atoms with Crippen molar-refractivity contribution in [3.63, 3.8) is 0 Å². The third-order valence-corrected chi connectivity index (χ3v) is 4.27. The fourth-order valence-electron chi connectivity index (χ4n) is 2.01. The molecule has 2 amide bonds. The Morgan fingerprint density at radius 1 is 1.08 bits per heavy atom. The molecule has 25 heavy (non-hydrogen) atoms. The molecule has 4 atom stereocenters. The molecule has 0 aromatic carbocycles. The number of hydrogen-bond donors (Lipinski definition) is 6. The lowest BCUT2D eigenvalue weighted by atomic mass is 10.1. The molecule has 0 aliphatic heterocycles. The molecule has 0 saturated carbocycles. The highest BCUT2D eigenvalue weighted by Crippen LogP contribution is 2.05. The second kappa shape index (κ2) is 12.9. The topological polar surface area (TPSA) is 168 Å². The molecule has 0 unspecified atom stereocenters. The molecule has 146 valence electrons. The molecule has 0 aliphatic rings. The average molecular weight is 378 g/mol. The first-order valence-electron chi connectivity index (χ1n) is 8.20. The van der Waals surface area contributed by atoms with Gasteiger partial charge < -0.3 is 32.3 Å². The van der Waals surface area contributed by atoms with Crippen molar-refractivity contribution in [1.29, 1.82) is 0 Å². The van der Waals surface area contributed by atoms with E-state index in [1.807, 2.05) is 6.26 Å². The highest BCUT2D eigenvalue weighted by molar-refractivity contribution is 7.98. The van der Waals surface area contributed by atoms with Crippen LogP contribution < -0.4 is 22.1 Å². The van der Waals surface area contributed by atoms with E-state index in [2.05, 4.69) is 10.6 Å². The number of amides is 2. The Morgan fingerprint density at radius 2 is 1.68 bits per heavy atom.